The molecule has 6 heteroatoms. The molecule has 4 rings (SSSR count). The lowest BCUT2D eigenvalue weighted by atomic mass is 10.1. The van der Waals surface area contributed by atoms with Gasteiger partial charge in [-0.25, -0.2) is 4.98 Å². The molecule has 1 fully saturated rings. The number of ether oxygens (including phenoxy) is 1. The number of benzene rings is 1. The van der Waals surface area contributed by atoms with Crippen molar-refractivity contribution in [2.45, 2.75) is 6.54 Å². The van der Waals surface area contributed by atoms with Crippen LogP contribution in [0.2, 0.25) is 5.02 Å². The van der Waals surface area contributed by atoms with Gasteiger partial charge >= 0.3 is 0 Å². The van der Waals surface area contributed by atoms with Crippen molar-refractivity contribution in [1.82, 2.24) is 19.6 Å². The van der Waals surface area contributed by atoms with Gasteiger partial charge in [-0.2, -0.15) is 0 Å². The van der Waals surface area contributed by atoms with E-state index < -0.39 is 0 Å². The summed E-state index contributed by atoms with van der Waals surface area (Å²) in [6.07, 6.45) is 1.95. The Kier molecular flexibility index (Phi) is 4.61. The first kappa shape index (κ1) is 16.4. The average Bonchev–Trinajstić information content (AvgIpc) is 3.00. The summed E-state index contributed by atoms with van der Waals surface area (Å²) in [6, 6.07) is 11.9. The van der Waals surface area contributed by atoms with E-state index in [-0.39, 0.29) is 0 Å². The molecule has 2 aromatic heterocycles. The Morgan fingerprint density at radius 1 is 1.12 bits per heavy atom. The van der Waals surface area contributed by atoms with Crippen LogP contribution >= 0.6 is 11.6 Å². The quantitative estimate of drug-likeness (QED) is 0.780. The summed E-state index contributed by atoms with van der Waals surface area (Å²) in [5, 5.41) is 4.12. The summed E-state index contributed by atoms with van der Waals surface area (Å²) in [4.78, 5) is 7.32. The van der Waals surface area contributed by atoms with Gasteiger partial charge < -0.3 is 14.5 Å². The molecule has 130 valence electrons. The minimum atomic E-state index is 0.716. The zero-order valence-electron chi connectivity index (χ0n) is 14.2. The van der Waals surface area contributed by atoms with Crippen molar-refractivity contribution in [2.75, 3.05) is 33.3 Å². The fraction of sp³-hybridized carbons (Fsp3) is 0.316. The third-order valence-corrected chi connectivity index (χ3v) is 4.85. The van der Waals surface area contributed by atoms with Crippen LogP contribution in [0, 0.1) is 0 Å². The SMILES string of the molecule is COc1ccc(-c2nc3ccc(Cl)cn3c2CN2CCNCC2)cc1. The third kappa shape index (κ3) is 3.35. The van der Waals surface area contributed by atoms with Gasteiger partial charge in [-0.15, -0.1) is 0 Å². The van der Waals surface area contributed by atoms with Crippen LogP contribution in [0.1, 0.15) is 5.69 Å². The van der Waals surface area contributed by atoms with Gasteiger partial charge in [-0.3, -0.25) is 4.90 Å². The minimum absolute atomic E-state index is 0.716. The molecule has 1 aliphatic rings. The number of hydrogen-bond donors (Lipinski definition) is 1. The second-order valence-electron chi connectivity index (χ2n) is 6.24. The average molecular weight is 357 g/mol. The number of hydrogen-bond acceptors (Lipinski definition) is 4. The van der Waals surface area contributed by atoms with E-state index in [9.17, 15) is 0 Å². The molecule has 3 aromatic rings. The topological polar surface area (TPSA) is 41.8 Å². The van der Waals surface area contributed by atoms with Crippen molar-refractivity contribution in [3.05, 3.63) is 53.3 Å². The Labute approximate surface area is 152 Å². The van der Waals surface area contributed by atoms with Crippen molar-refractivity contribution >= 4 is 17.2 Å². The molecule has 0 unspecified atom stereocenters. The molecule has 0 saturated carbocycles. The van der Waals surface area contributed by atoms with Gasteiger partial charge in [0.2, 0.25) is 0 Å². The molecular weight excluding hydrogens is 336 g/mol. The number of methoxy groups -OCH3 is 1. The fourth-order valence-electron chi connectivity index (χ4n) is 3.28. The van der Waals surface area contributed by atoms with E-state index in [0.717, 1.165) is 55.4 Å². The largest absolute Gasteiger partial charge is 0.497 e. The molecule has 0 aliphatic carbocycles. The minimum Gasteiger partial charge on any atom is -0.497 e. The van der Waals surface area contributed by atoms with Crippen LogP contribution in [0.15, 0.2) is 42.6 Å². The molecule has 0 amide bonds. The van der Waals surface area contributed by atoms with Crippen LogP contribution in [-0.4, -0.2) is 47.6 Å². The van der Waals surface area contributed by atoms with Crippen LogP contribution in [-0.2, 0) is 6.54 Å². The highest BCUT2D eigenvalue weighted by Crippen LogP contribution is 2.28. The number of rotatable bonds is 4. The summed E-state index contributed by atoms with van der Waals surface area (Å²) >= 11 is 6.24. The first-order valence-electron chi connectivity index (χ1n) is 8.48. The normalized spacial score (nSPS) is 15.6. The Bertz CT molecular complexity index is 869. The van der Waals surface area contributed by atoms with Crippen molar-refractivity contribution in [2.24, 2.45) is 0 Å². The summed E-state index contributed by atoms with van der Waals surface area (Å²) < 4.78 is 7.39. The third-order valence-electron chi connectivity index (χ3n) is 4.63. The van der Waals surface area contributed by atoms with Gasteiger partial charge in [0.05, 0.1) is 23.5 Å². The van der Waals surface area contributed by atoms with E-state index in [1.165, 1.54) is 5.69 Å². The van der Waals surface area contributed by atoms with Crippen molar-refractivity contribution in [3.8, 4) is 17.0 Å². The number of imidazole rings is 1. The molecule has 0 spiro atoms. The predicted molar refractivity (Wildman–Crippen MR) is 100 cm³/mol. The zero-order valence-corrected chi connectivity index (χ0v) is 15.0. The number of pyridine rings is 1. The highest BCUT2D eigenvalue weighted by molar-refractivity contribution is 6.30. The maximum atomic E-state index is 6.24. The summed E-state index contributed by atoms with van der Waals surface area (Å²) in [5.74, 6) is 0.846. The lowest BCUT2D eigenvalue weighted by molar-refractivity contribution is 0.230. The molecule has 1 saturated heterocycles. The number of nitrogens with one attached hydrogen (secondary N) is 1. The van der Waals surface area contributed by atoms with Crippen molar-refractivity contribution < 1.29 is 4.74 Å². The van der Waals surface area contributed by atoms with Gasteiger partial charge in [0.15, 0.2) is 0 Å². The van der Waals surface area contributed by atoms with Crippen LogP contribution in [0.4, 0.5) is 0 Å². The van der Waals surface area contributed by atoms with Crippen LogP contribution in [0.25, 0.3) is 16.9 Å². The van der Waals surface area contributed by atoms with Gasteiger partial charge in [0.25, 0.3) is 0 Å². The Morgan fingerprint density at radius 3 is 2.60 bits per heavy atom. The molecule has 1 aromatic carbocycles. The molecule has 0 bridgehead atoms. The second kappa shape index (κ2) is 7.04. The van der Waals surface area contributed by atoms with Crippen LogP contribution < -0.4 is 10.1 Å². The number of piperazine rings is 1. The molecule has 1 aliphatic heterocycles. The highest BCUT2D eigenvalue weighted by atomic mass is 35.5. The molecule has 0 radical (unpaired) electrons. The van der Waals surface area contributed by atoms with Gasteiger partial charge in [-0.05, 0) is 36.4 Å². The predicted octanol–water partition coefficient (Wildman–Crippen LogP) is 3.07. The number of nitrogens with zero attached hydrogens (tertiary/aromatic N) is 3. The van der Waals surface area contributed by atoms with Crippen LogP contribution in [0.3, 0.4) is 0 Å². The van der Waals surface area contributed by atoms with E-state index in [2.05, 4.69) is 26.8 Å². The van der Waals surface area contributed by atoms with Crippen LogP contribution in [0.5, 0.6) is 5.75 Å². The maximum Gasteiger partial charge on any atom is 0.137 e. The molecule has 1 N–H and O–H groups in total. The van der Waals surface area contributed by atoms with E-state index in [1.54, 1.807) is 7.11 Å². The number of halogens is 1. The standard InChI is InChI=1S/C19H21ClN4O/c1-25-16-5-2-14(3-6-16)19-17(13-23-10-8-21-9-11-23)24-12-15(20)4-7-18(24)22-19/h2-7,12,21H,8-11,13H2,1H3. The first-order chi connectivity index (χ1) is 12.2. The molecule has 0 atom stereocenters. The molecular formula is C19H21ClN4O. The monoisotopic (exact) mass is 356 g/mol. The second-order valence-corrected chi connectivity index (χ2v) is 6.67. The zero-order chi connectivity index (χ0) is 17.2. The Morgan fingerprint density at radius 2 is 1.88 bits per heavy atom. The van der Waals surface area contributed by atoms with Gasteiger partial charge in [0.1, 0.15) is 11.4 Å². The highest BCUT2D eigenvalue weighted by Gasteiger charge is 2.18. The fourth-order valence-corrected chi connectivity index (χ4v) is 3.44. The van der Waals surface area contributed by atoms with E-state index in [4.69, 9.17) is 21.3 Å². The van der Waals surface area contributed by atoms with Crippen molar-refractivity contribution in [1.29, 1.82) is 0 Å². The summed E-state index contributed by atoms with van der Waals surface area (Å²) in [7, 11) is 1.68. The lowest BCUT2D eigenvalue weighted by Crippen LogP contribution is -2.43. The van der Waals surface area contributed by atoms with E-state index >= 15 is 0 Å². The lowest BCUT2D eigenvalue weighted by Gasteiger charge is -2.27. The van der Waals surface area contributed by atoms with Crippen molar-refractivity contribution in [3.63, 3.8) is 0 Å². The number of fused-ring (bicyclic) bond motifs is 1. The van der Waals surface area contributed by atoms with E-state index in [1.807, 2.05) is 30.5 Å². The van der Waals surface area contributed by atoms with E-state index in [0.29, 0.717) is 5.02 Å². The summed E-state index contributed by atoms with van der Waals surface area (Å²) in [5.41, 5.74) is 4.18. The van der Waals surface area contributed by atoms with Gasteiger partial charge in [0, 0.05) is 44.5 Å². The Hall–Kier alpha value is -2.08. The molecule has 3 heterocycles. The smallest absolute Gasteiger partial charge is 0.137 e. The molecule has 25 heavy (non-hydrogen) atoms. The van der Waals surface area contributed by atoms with Gasteiger partial charge in [-0.1, -0.05) is 11.6 Å². The maximum absolute atomic E-state index is 6.24. The first-order valence-corrected chi connectivity index (χ1v) is 8.86. The summed E-state index contributed by atoms with van der Waals surface area (Å²) in [6.45, 7) is 4.97. The molecule has 5 nitrogen and oxygen atoms in total. The Balaban J connectivity index is 1.79. The number of aromatic nitrogens is 2.